The summed E-state index contributed by atoms with van der Waals surface area (Å²) in [5.74, 6) is 1.02. The molecule has 21 heavy (non-hydrogen) atoms. The predicted molar refractivity (Wildman–Crippen MR) is 86.2 cm³/mol. The Kier molecular flexibility index (Phi) is 4.22. The van der Waals surface area contributed by atoms with Gasteiger partial charge in [0.2, 0.25) is 11.8 Å². The molecule has 6 heteroatoms. The summed E-state index contributed by atoms with van der Waals surface area (Å²) in [5, 5.41) is 12.0. The van der Waals surface area contributed by atoms with E-state index in [-0.39, 0.29) is 0 Å². The number of anilines is 1. The minimum absolute atomic E-state index is 0.457. The number of hydrogen-bond acceptors (Lipinski definition) is 4. The summed E-state index contributed by atoms with van der Waals surface area (Å²) in [6, 6.07) is 15.2. The van der Waals surface area contributed by atoms with E-state index in [4.69, 9.17) is 16.0 Å². The van der Waals surface area contributed by atoms with Gasteiger partial charge < -0.3 is 9.73 Å². The third kappa shape index (κ3) is 3.43. The first-order valence-electron chi connectivity index (χ1n) is 6.29. The molecule has 0 aliphatic rings. The molecule has 0 atom stereocenters. The molecule has 0 spiro atoms. The zero-order chi connectivity index (χ0) is 14.7. The van der Waals surface area contributed by atoms with Crippen LogP contribution >= 0.6 is 27.5 Å². The molecule has 0 fully saturated rings. The first kappa shape index (κ1) is 14.1. The van der Waals surface area contributed by atoms with Crippen molar-refractivity contribution in [3.63, 3.8) is 0 Å². The highest BCUT2D eigenvalue weighted by Crippen LogP contribution is 2.26. The Labute approximate surface area is 135 Å². The van der Waals surface area contributed by atoms with Crippen LogP contribution in [0.25, 0.3) is 11.5 Å². The Bertz CT molecular complexity index is 743. The van der Waals surface area contributed by atoms with Gasteiger partial charge in [-0.05, 0) is 52.3 Å². The number of nitrogens with zero attached hydrogens (tertiary/aromatic N) is 2. The number of aromatic nitrogens is 2. The number of rotatable bonds is 4. The van der Waals surface area contributed by atoms with Gasteiger partial charge in [-0.15, -0.1) is 10.2 Å². The van der Waals surface area contributed by atoms with Crippen LogP contribution in [0.4, 0.5) is 5.69 Å². The summed E-state index contributed by atoms with van der Waals surface area (Å²) in [7, 11) is 0. The van der Waals surface area contributed by atoms with E-state index in [0.717, 1.165) is 15.7 Å². The van der Waals surface area contributed by atoms with Gasteiger partial charge in [0.05, 0.1) is 12.1 Å². The van der Waals surface area contributed by atoms with Crippen LogP contribution in [0, 0.1) is 0 Å². The van der Waals surface area contributed by atoms with E-state index in [1.807, 2.05) is 48.5 Å². The van der Waals surface area contributed by atoms with Gasteiger partial charge in [0.1, 0.15) is 0 Å². The minimum Gasteiger partial charge on any atom is -0.419 e. The molecular weight excluding hydrogens is 354 g/mol. The number of benzene rings is 2. The van der Waals surface area contributed by atoms with E-state index < -0.39 is 0 Å². The molecule has 1 aromatic heterocycles. The fourth-order valence-corrected chi connectivity index (χ4v) is 2.39. The van der Waals surface area contributed by atoms with E-state index >= 15 is 0 Å². The van der Waals surface area contributed by atoms with Crippen molar-refractivity contribution >= 4 is 33.2 Å². The van der Waals surface area contributed by atoms with Crippen LogP contribution in [-0.4, -0.2) is 10.2 Å². The van der Waals surface area contributed by atoms with Gasteiger partial charge >= 0.3 is 0 Å². The fraction of sp³-hybridized carbons (Fsp3) is 0.0667. The van der Waals surface area contributed by atoms with Gasteiger partial charge in [-0.1, -0.05) is 23.7 Å². The third-order valence-electron chi connectivity index (χ3n) is 2.86. The second kappa shape index (κ2) is 6.28. The lowest BCUT2D eigenvalue weighted by Crippen LogP contribution is -1.99. The van der Waals surface area contributed by atoms with Crippen LogP contribution < -0.4 is 5.32 Å². The second-order valence-corrected chi connectivity index (χ2v) is 5.63. The fourth-order valence-electron chi connectivity index (χ4n) is 1.81. The average molecular weight is 365 g/mol. The minimum atomic E-state index is 0.457. The predicted octanol–water partition coefficient (Wildman–Crippen LogP) is 4.76. The van der Waals surface area contributed by atoms with Crippen molar-refractivity contribution in [2.45, 2.75) is 6.54 Å². The quantitative estimate of drug-likeness (QED) is 0.725. The van der Waals surface area contributed by atoms with Crippen molar-refractivity contribution in [1.29, 1.82) is 0 Å². The molecule has 0 bridgehead atoms. The van der Waals surface area contributed by atoms with Gasteiger partial charge in [0.25, 0.3) is 0 Å². The molecule has 0 aliphatic carbocycles. The highest BCUT2D eigenvalue weighted by Gasteiger charge is 2.10. The standard InChI is InChI=1S/C15H11BrClN3O/c16-13-4-2-1-3-12(13)15-20-19-14(21-15)9-18-11-7-5-10(17)6-8-11/h1-8,18H,9H2. The lowest BCUT2D eigenvalue weighted by Gasteiger charge is -2.02. The topological polar surface area (TPSA) is 51.0 Å². The van der Waals surface area contributed by atoms with Gasteiger partial charge in [0, 0.05) is 15.2 Å². The van der Waals surface area contributed by atoms with Crippen LogP contribution in [0.5, 0.6) is 0 Å². The van der Waals surface area contributed by atoms with Crippen LogP contribution in [0.15, 0.2) is 57.4 Å². The molecule has 0 aliphatic heterocycles. The van der Waals surface area contributed by atoms with E-state index in [1.54, 1.807) is 0 Å². The first-order valence-corrected chi connectivity index (χ1v) is 7.46. The van der Waals surface area contributed by atoms with Gasteiger partial charge in [-0.3, -0.25) is 0 Å². The van der Waals surface area contributed by atoms with E-state index in [2.05, 4.69) is 31.4 Å². The maximum absolute atomic E-state index is 5.84. The molecule has 0 amide bonds. The third-order valence-corrected chi connectivity index (χ3v) is 3.80. The zero-order valence-corrected chi connectivity index (χ0v) is 13.2. The molecule has 0 saturated heterocycles. The van der Waals surface area contributed by atoms with Crippen molar-refractivity contribution < 1.29 is 4.42 Å². The zero-order valence-electron chi connectivity index (χ0n) is 10.9. The largest absolute Gasteiger partial charge is 0.419 e. The Morgan fingerprint density at radius 1 is 1.05 bits per heavy atom. The van der Waals surface area contributed by atoms with E-state index in [1.165, 1.54) is 0 Å². The Hall–Kier alpha value is -1.85. The van der Waals surface area contributed by atoms with E-state index in [0.29, 0.717) is 23.3 Å². The Morgan fingerprint density at radius 2 is 1.81 bits per heavy atom. The molecule has 4 nitrogen and oxygen atoms in total. The summed E-state index contributed by atoms with van der Waals surface area (Å²) >= 11 is 9.31. The molecule has 2 aromatic carbocycles. The number of hydrogen-bond donors (Lipinski definition) is 1. The van der Waals surface area contributed by atoms with Crippen LogP contribution in [0.3, 0.4) is 0 Å². The number of nitrogens with one attached hydrogen (secondary N) is 1. The molecular formula is C15H11BrClN3O. The summed E-state index contributed by atoms with van der Waals surface area (Å²) in [6.45, 7) is 0.457. The SMILES string of the molecule is Clc1ccc(NCc2nnc(-c3ccccc3Br)o2)cc1. The van der Waals surface area contributed by atoms with Crippen LogP contribution in [-0.2, 0) is 6.54 Å². The highest BCUT2D eigenvalue weighted by molar-refractivity contribution is 9.10. The summed E-state index contributed by atoms with van der Waals surface area (Å²) < 4.78 is 6.58. The molecule has 0 saturated carbocycles. The van der Waals surface area contributed by atoms with Crippen molar-refractivity contribution in [2.75, 3.05) is 5.32 Å². The van der Waals surface area contributed by atoms with E-state index in [9.17, 15) is 0 Å². The Morgan fingerprint density at radius 3 is 2.57 bits per heavy atom. The molecule has 1 N–H and O–H groups in total. The first-order chi connectivity index (χ1) is 10.2. The number of halogens is 2. The van der Waals surface area contributed by atoms with Gasteiger partial charge in [0.15, 0.2) is 0 Å². The van der Waals surface area contributed by atoms with Gasteiger partial charge in [-0.2, -0.15) is 0 Å². The average Bonchev–Trinajstić information content (AvgIpc) is 2.96. The maximum atomic E-state index is 5.84. The summed E-state index contributed by atoms with van der Waals surface area (Å²) in [4.78, 5) is 0. The van der Waals surface area contributed by atoms with Crippen molar-refractivity contribution in [2.24, 2.45) is 0 Å². The summed E-state index contributed by atoms with van der Waals surface area (Å²) in [5.41, 5.74) is 1.82. The molecule has 0 unspecified atom stereocenters. The van der Waals surface area contributed by atoms with Crippen LogP contribution in [0.1, 0.15) is 5.89 Å². The monoisotopic (exact) mass is 363 g/mol. The molecule has 3 aromatic rings. The normalized spacial score (nSPS) is 10.6. The van der Waals surface area contributed by atoms with Gasteiger partial charge in [-0.25, -0.2) is 0 Å². The maximum Gasteiger partial charge on any atom is 0.248 e. The van der Waals surface area contributed by atoms with Crippen LogP contribution in [0.2, 0.25) is 5.02 Å². The lowest BCUT2D eigenvalue weighted by molar-refractivity contribution is 0.515. The Balaban J connectivity index is 1.71. The van der Waals surface area contributed by atoms with Crippen molar-refractivity contribution in [3.05, 3.63) is 63.9 Å². The molecule has 0 radical (unpaired) electrons. The second-order valence-electron chi connectivity index (χ2n) is 4.34. The molecule has 3 rings (SSSR count). The lowest BCUT2D eigenvalue weighted by atomic mass is 10.2. The molecule has 1 heterocycles. The van der Waals surface area contributed by atoms with Crippen molar-refractivity contribution in [1.82, 2.24) is 10.2 Å². The van der Waals surface area contributed by atoms with Crippen molar-refractivity contribution in [3.8, 4) is 11.5 Å². The summed E-state index contributed by atoms with van der Waals surface area (Å²) in [6.07, 6.45) is 0. The highest BCUT2D eigenvalue weighted by atomic mass is 79.9. The molecule has 106 valence electrons. The smallest absolute Gasteiger partial charge is 0.248 e.